The maximum atomic E-state index is 13.4. The number of methoxy groups -OCH3 is 1. The number of pyridine rings is 1. The number of thioether (sulfide) groups is 1. The molecule has 5 aromatic carbocycles. The van der Waals surface area contributed by atoms with Gasteiger partial charge >= 0.3 is 6.09 Å². The quantitative estimate of drug-likeness (QED) is 0.0782. The Morgan fingerprint density at radius 3 is 1.81 bits per heavy atom. The van der Waals surface area contributed by atoms with Crippen LogP contribution in [0.2, 0.25) is 0 Å². The van der Waals surface area contributed by atoms with Crippen molar-refractivity contribution in [2.24, 2.45) is 0 Å². The van der Waals surface area contributed by atoms with E-state index in [0.717, 1.165) is 27.8 Å². The summed E-state index contributed by atoms with van der Waals surface area (Å²) in [6.45, 7) is 7.78. The van der Waals surface area contributed by atoms with Gasteiger partial charge in [0.2, 0.25) is 5.88 Å². The number of amides is 2. The minimum atomic E-state index is -0.891. The molecular weight excluding hydrogens is 757 g/mol. The first-order chi connectivity index (χ1) is 28.6. The van der Waals surface area contributed by atoms with Gasteiger partial charge in [-0.15, -0.1) is 11.8 Å². The van der Waals surface area contributed by atoms with Crippen molar-refractivity contribution in [3.8, 4) is 22.9 Å². The Labute approximate surface area is 351 Å². The van der Waals surface area contributed by atoms with Gasteiger partial charge in [-0.25, -0.2) is 9.78 Å². The summed E-state index contributed by atoms with van der Waals surface area (Å²) in [7, 11) is 1.60. The molecule has 6 aromatic rings. The number of anilines is 1. The van der Waals surface area contributed by atoms with Crippen LogP contribution in [0, 0.1) is 0 Å². The third-order valence-corrected chi connectivity index (χ3v) is 11.2. The van der Waals surface area contributed by atoms with Crippen LogP contribution < -0.4 is 25.4 Å². The normalized spacial score (nSPS) is 12.4. The van der Waals surface area contributed by atoms with Crippen molar-refractivity contribution in [2.45, 2.75) is 56.7 Å². The van der Waals surface area contributed by atoms with Crippen LogP contribution >= 0.6 is 11.8 Å². The first-order valence-corrected chi connectivity index (χ1v) is 20.7. The summed E-state index contributed by atoms with van der Waals surface area (Å²) in [4.78, 5) is 31.8. The second kappa shape index (κ2) is 19.9. The first kappa shape index (κ1) is 42.3. The van der Waals surface area contributed by atoms with Gasteiger partial charge in [0, 0.05) is 30.0 Å². The highest BCUT2D eigenvalue weighted by molar-refractivity contribution is 8.00. The third kappa shape index (κ3) is 11.2. The van der Waals surface area contributed by atoms with E-state index in [4.69, 9.17) is 19.2 Å². The molecule has 10 heteroatoms. The number of hydrogen-bond acceptors (Lipinski definition) is 8. The van der Waals surface area contributed by atoms with Gasteiger partial charge in [0.1, 0.15) is 11.4 Å². The number of benzene rings is 5. The van der Waals surface area contributed by atoms with Crippen LogP contribution in [-0.2, 0) is 20.8 Å². The summed E-state index contributed by atoms with van der Waals surface area (Å²) in [6.07, 6.45) is -1.41. The summed E-state index contributed by atoms with van der Waals surface area (Å²) in [5.41, 5.74) is 5.64. The Kier molecular flexibility index (Phi) is 14.3. The highest BCUT2D eigenvalue weighted by atomic mass is 32.2. The van der Waals surface area contributed by atoms with Crippen LogP contribution in [0.5, 0.6) is 11.6 Å². The Balaban J connectivity index is 1.30. The second-order valence-corrected chi connectivity index (χ2v) is 16.3. The minimum absolute atomic E-state index is 0.252. The lowest BCUT2D eigenvalue weighted by Crippen LogP contribution is -2.45. The molecule has 2 amide bonds. The fourth-order valence-electron chi connectivity index (χ4n) is 6.68. The molecule has 1 heterocycles. The second-order valence-electron chi connectivity index (χ2n) is 15.0. The Morgan fingerprint density at radius 2 is 1.25 bits per heavy atom. The summed E-state index contributed by atoms with van der Waals surface area (Å²) in [6, 6.07) is 52.0. The van der Waals surface area contributed by atoms with E-state index < -0.39 is 28.6 Å². The highest BCUT2D eigenvalue weighted by Gasteiger charge is 2.38. The number of alkyl carbamates (subject to hydrolysis) is 1. The summed E-state index contributed by atoms with van der Waals surface area (Å²) in [5, 5.41) is 9.63. The van der Waals surface area contributed by atoms with Gasteiger partial charge in [-0.05, 0) is 62.6 Å². The number of nitrogens with zero attached hydrogens (tertiary/aromatic N) is 1. The van der Waals surface area contributed by atoms with Crippen LogP contribution in [0.15, 0.2) is 158 Å². The number of nitrogens with one attached hydrogen (secondary N) is 3. The van der Waals surface area contributed by atoms with Crippen molar-refractivity contribution in [1.82, 2.24) is 15.6 Å². The van der Waals surface area contributed by atoms with Crippen molar-refractivity contribution in [3.05, 3.63) is 180 Å². The molecule has 0 aliphatic carbocycles. The summed E-state index contributed by atoms with van der Waals surface area (Å²) >= 11 is 1.74. The highest BCUT2D eigenvalue weighted by Crippen LogP contribution is 2.48. The van der Waals surface area contributed by atoms with Crippen LogP contribution in [0.1, 0.15) is 49.9 Å². The number of para-hydroxylation sites is 1. The monoisotopic (exact) mass is 808 g/mol. The molecule has 0 spiro atoms. The average Bonchev–Trinajstić information content (AvgIpc) is 3.26. The van der Waals surface area contributed by atoms with E-state index in [1.165, 1.54) is 0 Å². The maximum Gasteiger partial charge on any atom is 0.407 e. The Hall–Kier alpha value is -6.26. The standard InChI is InChI=1S/C49H52N4O5S/c1-35(45(54)51-32-37-22-18-19-29-44(37)56-5)57-46-43(31-30-42(53-46)36-20-10-6-11-21-36)50-33-41(52-47(55)58-48(2,3)4)34-59-49(38-23-12-7-13-24-38,39-25-14-8-15-26-39)40-27-16-9-17-28-40/h6-31,35,41,50H,32-34H2,1-5H3,(H,51,54)(H,52,55)/t35-,41?/m1/s1. The van der Waals surface area contributed by atoms with Gasteiger partial charge in [-0.3, -0.25) is 4.79 Å². The Bertz CT molecular complexity index is 2160. The molecule has 2 atom stereocenters. The number of aromatic nitrogens is 1. The van der Waals surface area contributed by atoms with Crippen LogP contribution in [0.4, 0.5) is 10.5 Å². The molecule has 0 saturated carbocycles. The molecule has 9 nitrogen and oxygen atoms in total. The molecule has 0 radical (unpaired) electrons. The lowest BCUT2D eigenvalue weighted by molar-refractivity contribution is -0.127. The van der Waals surface area contributed by atoms with Crippen molar-refractivity contribution in [2.75, 3.05) is 24.7 Å². The zero-order chi connectivity index (χ0) is 41.7. The maximum absolute atomic E-state index is 13.4. The van der Waals surface area contributed by atoms with E-state index in [9.17, 15) is 9.59 Å². The van der Waals surface area contributed by atoms with Gasteiger partial charge < -0.3 is 30.2 Å². The smallest absolute Gasteiger partial charge is 0.407 e. The molecule has 304 valence electrons. The average molecular weight is 809 g/mol. The Morgan fingerprint density at radius 1 is 0.712 bits per heavy atom. The predicted octanol–water partition coefficient (Wildman–Crippen LogP) is 9.87. The predicted molar refractivity (Wildman–Crippen MR) is 238 cm³/mol. The molecule has 0 aliphatic rings. The van der Waals surface area contributed by atoms with Crippen molar-refractivity contribution in [3.63, 3.8) is 0 Å². The fraction of sp³-hybridized carbons (Fsp3) is 0.245. The van der Waals surface area contributed by atoms with Crippen LogP contribution in [-0.4, -0.2) is 54.1 Å². The fourth-order valence-corrected chi connectivity index (χ4v) is 8.24. The van der Waals surface area contributed by atoms with Crippen molar-refractivity contribution in [1.29, 1.82) is 0 Å². The SMILES string of the molecule is COc1ccccc1CNC(=O)[C@@H](C)Oc1nc(-c2ccccc2)ccc1NCC(CSC(c1ccccc1)(c1ccccc1)c1ccccc1)NC(=O)OC(C)(C)C. The minimum Gasteiger partial charge on any atom is -0.496 e. The largest absolute Gasteiger partial charge is 0.496 e. The van der Waals surface area contributed by atoms with Crippen molar-refractivity contribution >= 4 is 29.4 Å². The topological polar surface area (TPSA) is 111 Å². The lowest BCUT2D eigenvalue weighted by atomic mass is 9.84. The van der Waals surface area contributed by atoms with Gasteiger partial charge in [-0.2, -0.15) is 0 Å². The summed E-state index contributed by atoms with van der Waals surface area (Å²) < 4.78 is 17.0. The van der Waals surface area contributed by atoms with E-state index in [-0.39, 0.29) is 24.9 Å². The molecule has 59 heavy (non-hydrogen) atoms. The van der Waals surface area contributed by atoms with Gasteiger partial charge in [0.05, 0.1) is 29.3 Å². The van der Waals surface area contributed by atoms with Crippen LogP contribution in [0.3, 0.4) is 0 Å². The van der Waals surface area contributed by atoms with E-state index in [1.54, 1.807) is 25.8 Å². The number of carbonyl (C=O) groups excluding carboxylic acids is 2. The molecule has 1 aromatic heterocycles. The zero-order valence-corrected chi connectivity index (χ0v) is 35.0. The molecule has 0 fully saturated rings. The van der Waals surface area contributed by atoms with E-state index >= 15 is 0 Å². The van der Waals surface area contributed by atoms with Gasteiger partial charge in [-0.1, -0.05) is 140 Å². The summed E-state index contributed by atoms with van der Waals surface area (Å²) in [5.74, 6) is 1.11. The number of carbonyl (C=O) groups is 2. The molecule has 0 saturated heterocycles. The van der Waals surface area contributed by atoms with E-state index in [0.29, 0.717) is 22.9 Å². The number of ether oxygens (including phenoxy) is 3. The number of rotatable bonds is 17. The van der Waals surface area contributed by atoms with E-state index in [1.807, 2.05) is 106 Å². The molecule has 0 bridgehead atoms. The molecule has 0 aliphatic heterocycles. The third-order valence-electron chi connectivity index (χ3n) is 9.53. The molecule has 1 unspecified atom stereocenters. The zero-order valence-electron chi connectivity index (χ0n) is 34.2. The molecule has 3 N–H and O–H groups in total. The lowest BCUT2D eigenvalue weighted by Gasteiger charge is -2.37. The van der Waals surface area contributed by atoms with E-state index in [2.05, 4.69) is 88.7 Å². The number of hydrogen-bond donors (Lipinski definition) is 3. The van der Waals surface area contributed by atoms with Gasteiger partial charge in [0.25, 0.3) is 5.91 Å². The molecular formula is C49H52N4O5S. The first-order valence-electron chi connectivity index (χ1n) is 19.7. The van der Waals surface area contributed by atoms with Gasteiger partial charge in [0.15, 0.2) is 6.10 Å². The van der Waals surface area contributed by atoms with Crippen molar-refractivity contribution < 1.29 is 23.8 Å². The van der Waals surface area contributed by atoms with Crippen LogP contribution in [0.25, 0.3) is 11.3 Å². The molecule has 6 rings (SSSR count).